The van der Waals surface area contributed by atoms with Gasteiger partial charge in [0.05, 0.1) is 16.1 Å². The van der Waals surface area contributed by atoms with Crippen LogP contribution >= 0.6 is 22.9 Å². The number of hydrogen-bond acceptors (Lipinski definition) is 4. The van der Waals surface area contributed by atoms with Gasteiger partial charge in [0.25, 0.3) is 5.91 Å². The van der Waals surface area contributed by atoms with Crippen molar-refractivity contribution in [1.82, 2.24) is 0 Å². The Labute approximate surface area is 181 Å². The van der Waals surface area contributed by atoms with Crippen LogP contribution in [-0.2, 0) is 0 Å². The molecule has 2 aromatic heterocycles. The van der Waals surface area contributed by atoms with Crippen LogP contribution in [0.4, 0.5) is 5.69 Å². The monoisotopic (exact) mass is 437 g/mol. The van der Waals surface area contributed by atoms with E-state index in [-0.39, 0.29) is 11.3 Å². The summed E-state index contributed by atoms with van der Waals surface area (Å²) >= 11 is 7.17. The third-order valence-corrected chi connectivity index (χ3v) is 5.86. The zero-order chi connectivity index (χ0) is 21.3. The lowest BCUT2D eigenvalue weighted by Gasteiger charge is -2.06. The Morgan fingerprint density at radius 2 is 1.73 bits per heavy atom. The summed E-state index contributed by atoms with van der Waals surface area (Å²) in [7, 11) is 0. The highest BCUT2D eigenvalue weighted by Crippen LogP contribution is 2.37. The van der Waals surface area contributed by atoms with Crippen molar-refractivity contribution in [2.45, 2.75) is 6.92 Å². The van der Waals surface area contributed by atoms with Gasteiger partial charge in [-0.25, -0.2) is 4.79 Å². The molecule has 0 atom stereocenters. The second-order valence-corrected chi connectivity index (χ2v) is 7.88. The number of carbonyl (C=O) groups excluding carboxylic acids is 1. The van der Waals surface area contributed by atoms with E-state index in [1.807, 2.05) is 30.3 Å². The number of halogens is 1. The maximum atomic E-state index is 12.9. The van der Waals surface area contributed by atoms with Crippen molar-refractivity contribution in [2.75, 3.05) is 5.32 Å². The topological polar surface area (TPSA) is 79.5 Å². The summed E-state index contributed by atoms with van der Waals surface area (Å²) in [6, 6.07) is 18.0. The minimum Gasteiger partial charge on any atom is -0.478 e. The molecule has 0 aliphatic rings. The van der Waals surface area contributed by atoms with Gasteiger partial charge in [0.15, 0.2) is 0 Å². The van der Waals surface area contributed by atoms with Crippen LogP contribution in [-0.4, -0.2) is 17.0 Å². The lowest BCUT2D eigenvalue weighted by Crippen LogP contribution is -2.14. The van der Waals surface area contributed by atoms with Crippen molar-refractivity contribution < 1.29 is 19.1 Å². The summed E-state index contributed by atoms with van der Waals surface area (Å²) in [5.74, 6) is -0.521. The van der Waals surface area contributed by atoms with E-state index in [0.29, 0.717) is 32.5 Å². The highest BCUT2D eigenvalue weighted by atomic mass is 35.5. The number of hydrogen-bond donors (Lipinski definition) is 2. The minimum atomic E-state index is -1.12. The minimum absolute atomic E-state index is 0.0418. The van der Waals surface area contributed by atoms with Gasteiger partial charge in [-0.2, -0.15) is 0 Å². The molecule has 4 aromatic rings. The lowest BCUT2D eigenvalue weighted by atomic mass is 10.1. The number of rotatable bonds is 5. The smallest absolute Gasteiger partial charge is 0.339 e. The van der Waals surface area contributed by atoms with E-state index in [4.69, 9.17) is 16.0 Å². The number of aromatic carboxylic acids is 1. The number of anilines is 1. The Kier molecular flexibility index (Phi) is 5.44. The quantitative estimate of drug-likeness (QED) is 0.369. The molecule has 2 N–H and O–H groups in total. The Hall–Kier alpha value is -3.35. The average Bonchev–Trinajstić information content (AvgIpc) is 3.33. The van der Waals surface area contributed by atoms with Crippen LogP contribution in [0.5, 0.6) is 0 Å². The maximum Gasteiger partial charge on any atom is 0.339 e. The van der Waals surface area contributed by atoms with E-state index in [9.17, 15) is 14.7 Å². The first-order valence-corrected chi connectivity index (χ1v) is 10.3. The van der Waals surface area contributed by atoms with Gasteiger partial charge < -0.3 is 14.8 Å². The van der Waals surface area contributed by atoms with Gasteiger partial charge in [0.1, 0.15) is 17.1 Å². The molecular weight excluding hydrogens is 422 g/mol. The molecule has 2 aromatic carbocycles. The zero-order valence-corrected chi connectivity index (χ0v) is 17.4. The highest BCUT2D eigenvalue weighted by molar-refractivity contribution is 7.14. The molecule has 0 bridgehead atoms. The van der Waals surface area contributed by atoms with Crippen molar-refractivity contribution in [3.63, 3.8) is 0 Å². The fourth-order valence-corrected chi connectivity index (χ4v) is 4.24. The number of aryl methyl sites for hydroxylation is 1. The van der Waals surface area contributed by atoms with Gasteiger partial charge in [0.2, 0.25) is 0 Å². The molecule has 0 aliphatic heterocycles. The van der Waals surface area contributed by atoms with Crippen molar-refractivity contribution in [3.8, 4) is 21.8 Å². The fraction of sp³-hybridized carbons (Fsp3) is 0.0435. The van der Waals surface area contributed by atoms with Crippen LogP contribution in [0.15, 0.2) is 70.5 Å². The largest absolute Gasteiger partial charge is 0.478 e. The van der Waals surface area contributed by atoms with E-state index in [2.05, 4.69) is 5.32 Å². The van der Waals surface area contributed by atoms with E-state index in [0.717, 1.165) is 5.56 Å². The first kappa shape index (κ1) is 19.9. The van der Waals surface area contributed by atoms with Gasteiger partial charge >= 0.3 is 5.97 Å². The molecule has 0 spiro atoms. The summed E-state index contributed by atoms with van der Waals surface area (Å²) in [6.45, 7) is 1.70. The van der Waals surface area contributed by atoms with Crippen LogP contribution in [0, 0.1) is 6.92 Å². The van der Waals surface area contributed by atoms with Crippen LogP contribution in [0.25, 0.3) is 21.8 Å². The molecule has 0 unspecified atom stereocenters. The number of nitrogens with one attached hydrogen (secondary N) is 1. The van der Waals surface area contributed by atoms with Gasteiger partial charge in [-0.1, -0.05) is 54.1 Å². The van der Waals surface area contributed by atoms with Crippen molar-refractivity contribution in [3.05, 3.63) is 88.0 Å². The molecule has 150 valence electrons. The molecule has 5 nitrogen and oxygen atoms in total. The zero-order valence-electron chi connectivity index (χ0n) is 15.8. The molecule has 4 rings (SSSR count). The summed E-state index contributed by atoms with van der Waals surface area (Å²) in [5, 5.41) is 14.7. The summed E-state index contributed by atoms with van der Waals surface area (Å²) in [5.41, 5.74) is 2.20. The van der Waals surface area contributed by atoms with E-state index in [1.54, 1.807) is 42.6 Å². The number of furan rings is 1. The summed E-state index contributed by atoms with van der Waals surface area (Å²) in [4.78, 5) is 25.3. The second kappa shape index (κ2) is 8.18. The number of carboxylic acid groups (broad SMARTS) is 1. The van der Waals surface area contributed by atoms with Crippen LogP contribution in [0.1, 0.15) is 26.5 Å². The van der Waals surface area contributed by atoms with E-state index in [1.165, 1.54) is 11.3 Å². The number of carboxylic acids is 1. The molecule has 0 saturated carbocycles. The van der Waals surface area contributed by atoms with Gasteiger partial charge in [-0.05, 0) is 30.7 Å². The number of thiophene rings is 1. The third kappa shape index (κ3) is 3.87. The Balaban J connectivity index is 1.65. The second-order valence-electron chi connectivity index (χ2n) is 6.57. The lowest BCUT2D eigenvalue weighted by molar-refractivity contribution is 0.0699. The van der Waals surface area contributed by atoms with E-state index < -0.39 is 11.9 Å². The SMILES string of the molecule is Cc1oc(-c2ccccc2)cc1C(=O)Nc1csc(-c2ccc(Cl)cc2)c1C(=O)O. The number of amides is 1. The van der Waals surface area contributed by atoms with Crippen molar-refractivity contribution in [1.29, 1.82) is 0 Å². The van der Waals surface area contributed by atoms with E-state index >= 15 is 0 Å². The normalized spacial score (nSPS) is 10.7. The summed E-state index contributed by atoms with van der Waals surface area (Å²) < 4.78 is 5.74. The average molecular weight is 438 g/mol. The molecular formula is C23H16ClNO4S. The number of carbonyl (C=O) groups is 2. The standard InChI is InChI=1S/C23H16ClNO4S/c1-13-17(11-19(29-13)14-5-3-2-4-6-14)22(26)25-18-12-30-21(20(18)23(27)28)15-7-9-16(24)10-8-15/h2-12H,1H3,(H,25,26)(H,27,28). The molecule has 2 heterocycles. The molecule has 30 heavy (non-hydrogen) atoms. The van der Waals surface area contributed by atoms with Crippen LogP contribution in [0.3, 0.4) is 0 Å². The van der Waals surface area contributed by atoms with Crippen molar-refractivity contribution in [2.24, 2.45) is 0 Å². The first-order chi connectivity index (χ1) is 14.4. The Morgan fingerprint density at radius 3 is 2.40 bits per heavy atom. The summed E-state index contributed by atoms with van der Waals surface area (Å²) in [6.07, 6.45) is 0. The Morgan fingerprint density at radius 1 is 1.03 bits per heavy atom. The highest BCUT2D eigenvalue weighted by Gasteiger charge is 2.23. The van der Waals surface area contributed by atoms with Crippen molar-refractivity contribution >= 4 is 40.5 Å². The van der Waals surface area contributed by atoms with Crippen LogP contribution < -0.4 is 5.32 Å². The van der Waals surface area contributed by atoms with Crippen LogP contribution in [0.2, 0.25) is 5.02 Å². The first-order valence-electron chi connectivity index (χ1n) is 9.02. The Bertz CT molecular complexity index is 1230. The maximum absolute atomic E-state index is 12.9. The third-order valence-electron chi connectivity index (χ3n) is 4.58. The molecule has 0 aliphatic carbocycles. The van der Waals surface area contributed by atoms with Gasteiger partial charge in [-0.3, -0.25) is 4.79 Å². The molecule has 0 saturated heterocycles. The molecule has 0 radical (unpaired) electrons. The van der Waals surface area contributed by atoms with Gasteiger partial charge in [-0.15, -0.1) is 11.3 Å². The predicted octanol–water partition coefficient (Wildman–Crippen LogP) is 6.59. The molecule has 1 amide bonds. The predicted molar refractivity (Wildman–Crippen MR) is 119 cm³/mol. The number of benzene rings is 2. The van der Waals surface area contributed by atoms with Gasteiger partial charge in [0, 0.05) is 16.0 Å². The fourth-order valence-electron chi connectivity index (χ4n) is 3.12. The molecule has 0 fully saturated rings. The molecule has 7 heteroatoms.